The van der Waals surface area contributed by atoms with Crippen LogP contribution in [0.2, 0.25) is 0 Å². The van der Waals surface area contributed by atoms with E-state index in [1.807, 2.05) is 0 Å². The Kier molecular flexibility index (Phi) is 12.0. The fraction of sp³-hybridized carbons (Fsp3) is 0.565. The Morgan fingerprint density at radius 3 is 2.06 bits per heavy atom. The predicted molar refractivity (Wildman–Crippen MR) is 127 cm³/mol. The number of amides is 3. The Labute approximate surface area is 199 Å². The van der Waals surface area contributed by atoms with E-state index in [0.717, 1.165) is 5.56 Å². The van der Waals surface area contributed by atoms with Crippen LogP contribution in [0.4, 0.5) is 0 Å². The number of carboxylic acids is 1. The lowest BCUT2D eigenvalue weighted by atomic mass is 10.0. The highest BCUT2D eigenvalue weighted by Crippen LogP contribution is 2.11. The van der Waals surface area contributed by atoms with E-state index in [9.17, 15) is 29.4 Å². The van der Waals surface area contributed by atoms with Crippen molar-refractivity contribution >= 4 is 23.7 Å². The maximum Gasteiger partial charge on any atom is 0.326 e. The summed E-state index contributed by atoms with van der Waals surface area (Å²) in [6, 6.07) is 2.29. The molecule has 3 amide bonds. The first-order chi connectivity index (χ1) is 16.0. The van der Waals surface area contributed by atoms with E-state index in [0.29, 0.717) is 19.4 Å². The minimum absolute atomic E-state index is 0.0988. The largest absolute Gasteiger partial charge is 0.508 e. The normalized spacial score (nSPS) is 14.5. The molecule has 0 bridgehead atoms. The van der Waals surface area contributed by atoms with Crippen LogP contribution in [0.3, 0.4) is 0 Å². The highest BCUT2D eigenvalue weighted by atomic mass is 16.4. The summed E-state index contributed by atoms with van der Waals surface area (Å²) in [5, 5.41) is 26.2. The van der Waals surface area contributed by atoms with Crippen molar-refractivity contribution in [2.24, 2.45) is 17.4 Å². The van der Waals surface area contributed by atoms with Crippen molar-refractivity contribution in [1.29, 1.82) is 0 Å². The molecule has 0 aliphatic rings. The second-order valence-corrected chi connectivity index (χ2v) is 8.62. The van der Waals surface area contributed by atoms with Gasteiger partial charge in [-0.2, -0.15) is 0 Å². The van der Waals surface area contributed by atoms with Gasteiger partial charge in [-0.25, -0.2) is 4.79 Å². The first-order valence-corrected chi connectivity index (χ1v) is 11.3. The van der Waals surface area contributed by atoms with E-state index in [4.69, 9.17) is 11.5 Å². The van der Waals surface area contributed by atoms with Crippen LogP contribution < -0.4 is 27.4 Å². The quantitative estimate of drug-likeness (QED) is 0.175. The summed E-state index contributed by atoms with van der Waals surface area (Å²) >= 11 is 0. The van der Waals surface area contributed by atoms with Gasteiger partial charge in [0.25, 0.3) is 0 Å². The van der Waals surface area contributed by atoms with Crippen LogP contribution in [-0.4, -0.2) is 64.6 Å². The molecule has 1 aromatic rings. The van der Waals surface area contributed by atoms with Crippen LogP contribution in [0.15, 0.2) is 24.3 Å². The third-order valence-corrected chi connectivity index (χ3v) is 5.29. The average Bonchev–Trinajstić information content (AvgIpc) is 2.77. The molecule has 0 saturated heterocycles. The van der Waals surface area contributed by atoms with Crippen molar-refractivity contribution in [2.75, 3.05) is 6.54 Å². The molecule has 34 heavy (non-hydrogen) atoms. The van der Waals surface area contributed by atoms with Gasteiger partial charge in [0.05, 0.1) is 6.04 Å². The van der Waals surface area contributed by atoms with Crippen molar-refractivity contribution in [3.63, 3.8) is 0 Å². The molecule has 1 rings (SSSR count). The van der Waals surface area contributed by atoms with E-state index in [-0.39, 0.29) is 24.5 Å². The average molecular weight is 480 g/mol. The molecule has 4 unspecified atom stereocenters. The monoisotopic (exact) mass is 479 g/mol. The fourth-order valence-electron chi connectivity index (χ4n) is 3.19. The maximum absolute atomic E-state index is 12.8. The number of carboxylic acid groups (broad SMARTS) is 1. The first kappa shape index (κ1) is 28.9. The lowest BCUT2D eigenvalue weighted by Gasteiger charge is -2.25. The second kappa shape index (κ2) is 14.2. The van der Waals surface area contributed by atoms with Crippen LogP contribution in [0.5, 0.6) is 5.75 Å². The number of aliphatic carboxylic acids is 1. The van der Waals surface area contributed by atoms with Crippen molar-refractivity contribution in [1.82, 2.24) is 16.0 Å². The number of nitrogens with one attached hydrogen (secondary N) is 3. The molecule has 0 fully saturated rings. The number of rotatable bonds is 14. The summed E-state index contributed by atoms with van der Waals surface area (Å²) in [6.07, 6.45) is 1.61. The van der Waals surface area contributed by atoms with Crippen LogP contribution in [0, 0.1) is 5.92 Å². The molecule has 190 valence electrons. The SMILES string of the molecule is CC(NC(=O)C(NC(=O)C(N)Cc1ccc(O)cc1)C(C)C)C(=O)NC(CCCCN)C(=O)O. The molecule has 9 N–H and O–H groups in total. The molecule has 0 saturated carbocycles. The molecule has 0 spiro atoms. The number of aromatic hydroxyl groups is 1. The smallest absolute Gasteiger partial charge is 0.326 e. The number of hydrogen-bond acceptors (Lipinski definition) is 7. The van der Waals surface area contributed by atoms with Crippen LogP contribution in [0.25, 0.3) is 0 Å². The first-order valence-electron chi connectivity index (χ1n) is 11.3. The minimum atomic E-state index is -1.17. The van der Waals surface area contributed by atoms with Gasteiger partial charge in [-0.1, -0.05) is 26.0 Å². The number of benzene rings is 1. The van der Waals surface area contributed by atoms with E-state index >= 15 is 0 Å². The zero-order valence-corrected chi connectivity index (χ0v) is 19.9. The highest BCUT2D eigenvalue weighted by Gasteiger charge is 2.30. The summed E-state index contributed by atoms with van der Waals surface area (Å²) in [4.78, 5) is 49.2. The molecule has 0 aromatic heterocycles. The number of carbonyl (C=O) groups is 4. The Balaban J connectivity index is 2.69. The highest BCUT2D eigenvalue weighted by molar-refractivity contribution is 5.94. The molecule has 11 nitrogen and oxygen atoms in total. The van der Waals surface area contributed by atoms with Crippen molar-refractivity contribution in [2.45, 2.75) is 70.6 Å². The number of unbranched alkanes of at least 4 members (excludes halogenated alkanes) is 1. The summed E-state index contributed by atoms with van der Waals surface area (Å²) < 4.78 is 0. The van der Waals surface area contributed by atoms with Crippen LogP contribution >= 0.6 is 0 Å². The van der Waals surface area contributed by atoms with Crippen molar-refractivity contribution in [3.8, 4) is 5.75 Å². The van der Waals surface area contributed by atoms with Crippen LogP contribution in [0.1, 0.15) is 45.6 Å². The molecule has 11 heteroatoms. The standard InChI is InChI=1S/C23H37N5O6/c1-13(2)19(28-21(31)17(25)12-15-7-9-16(29)10-8-15)22(32)26-14(3)20(30)27-18(23(33)34)6-4-5-11-24/h7-10,13-14,17-19,29H,4-6,11-12,24-25H2,1-3H3,(H,26,32)(H,27,30)(H,28,31)(H,33,34). The summed E-state index contributed by atoms with van der Waals surface area (Å²) in [7, 11) is 0. The minimum Gasteiger partial charge on any atom is -0.508 e. The number of nitrogens with two attached hydrogens (primary N) is 2. The molecular weight excluding hydrogens is 442 g/mol. The van der Waals surface area contributed by atoms with Crippen LogP contribution in [-0.2, 0) is 25.6 Å². The zero-order valence-electron chi connectivity index (χ0n) is 19.9. The van der Waals surface area contributed by atoms with Gasteiger partial charge in [-0.3, -0.25) is 14.4 Å². The van der Waals surface area contributed by atoms with Gasteiger partial charge < -0.3 is 37.6 Å². The third kappa shape index (κ3) is 9.75. The molecule has 0 aliphatic heterocycles. The second-order valence-electron chi connectivity index (χ2n) is 8.62. The topological polar surface area (TPSA) is 197 Å². The molecule has 0 radical (unpaired) electrons. The summed E-state index contributed by atoms with van der Waals surface area (Å²) in [6.45, 7) is 5.33. The number of phenols is 1. The molecule has 0 aliphatic carbocycles. The van der Waals surface area contributed by atoms with Crippen molar-refractivity contribution < 1.29 is 29.4 Å². The van der Waals surface area contributed by atoms with Crippen molar-refractivity contribution in [3.05, 3.63) is 29.8 Å². The summed E-state index contributed by atoms with van der Waals surface area (Å²) in [5.41, 5.74) is 12.1. The maximum atomic E-state index is 12.8. The van der Waals surface area contributed by atoms with Gasteiger partial charge in [0, 0.05) is 0 Å². The lowest BCUT2D eigenvalue weighted by Crippen LogP contribution is -2.57. The van der Waals surface area contributed by atoms with E-state index < -0.39 is 47.9 Å². The van der Waals surface area contributed by atoms with Gasteiger partial charge in [-0.15, -0.1) is 0 Å². The van der Waals surface area contributed by atoms with Gasteiger partial charge in [0.15, 0.2) is 0 Å². The third-order valence-electron chi connectivity index (χ3n) is 5.29. The van der Waals surface area contributed by atoms with Gasteiger partial charge >= 0.3 is 5.97 Å². The predicted octanol–water partition coefficient (Wildman–Crippen LogP) is -0.394. The number of carbonyl (C=O) groups excluding carboxylic acids is 3. The van der Waals surface area contributed by atoms with Gasteiger partial charge in [0.2, 0.25) is 17.7 Å². The molecule has 4 atom stereocenters. The van der Waals surface area contributed by atoms with Gasteiger partial charge in [-0.05, 0) is 62.8 Å². The Morgan fingerprint density at radius 1 is 0.912 bits per heavy atom. The summed E-state index contributed by atoms with van der Waals surface area (Å²) in [5.74, 6) is -3.14. The molecule has 0 heterocycles. The Bertz CT molecular complexity index is 830. The molecule has 1 aromatic carbocycles. The zero-order chi connectivity index (χ0) is 25.8. The fourth-order valence-corrected chi connectivity index (χ4v) is 3.19. The Morgan fingerprint density at radius 2 is 1.53 bits per heavy atom. The number of phenolic OH excluding ortho intramolecular Hbond substituents is 1. The van der Waals surface area contributed by atoms with E-state index in [1.54, 1.807) is 26.0 Å². The Hall–Kier alpha value is -3.18. The van der Waals surface area contributed by atoms with Gasteiger partial charge in [0.1, 0.15) is 23.9 Å². The van der Waals surface area contributed by atoms with E-state index in [1.165, 1.54) is 19.1 Å². The van der Waals surface area contributed by atoms with E-state index in [2.05, 4.69) is 16.0 Å². The number of hydrogen-bond donors (Lipinski definition) is 7. The molecular formula is C23H37N5O6. The lowest BCUT2D eigenvalue weighted by molar-refractivity contribution is -0.142.